The molecule has 2 amide bonds. The van der Waals surface area contributed by atoms with E-state index in [1.54, 1.807) is 16.2 Å². The maximum Gasteiger partial charge on any atom is 0.245 e. The molecule has 2 aliphatic rings. The summed E-state index contributed by atoms with van der Waals surface area (Å²) < 4.78 is 0.779. The topological polar surface area (TPSA) is 52.7 Å². The summed E-state index contributed by atoms with van der Waals surface area (Å²) in [5.41, 5.74) is 0. The molecule has 1 N–H and O–H groups in total. The molecule has 0 aromatic carbocycles. The summed E-state index contributed by atoms with van der Waals surface area (Å²) in [4.78, 5) is 29.9. The summed E-state index contributed by atoms with van der Waals surface area (Å²) >= 11 is 7.52. The highest BCUT2D eigenvalue weighted by atomic mass is 35.5. The summed E-state index contributed by atoms with van der Waals surface area (Å²) in [6, 6.07) is 3.22. The van der Waals surface area contributed by atoms with Crippen LogP contribution >= 0.6 is 22.9 Å². The molecule has 5 nitrogen and oxygen atoms in total. The van der Waals surface area contributed by atoms with Crippen molar-refractivity contribution in [3.63, 3.8) is 0 Å². The number of piperazine rings is 2. The smallest absolute Gasteiger partial charge is 0.245 e. The van der Waals surface area contributed by atoms with Gasteiger partial charge in [-0.25, -0.2) is 0 Å². The molecule has 1 aromatic rings. The fourth-order valence-corrected chi connectivity index (χ4v) is 4.27. The first-order valence-electron chi connectivity index (χ1n) is 7.66. The molecule has 0 unspecified atom stereocenters. The third-order valence-electron chi connectivity index (χ3n) is 4.25. The standard InChI is InChI=1S/C15H20ClN3O2S/c1-2-3-11-15(21)19-7-6-18(9-12(19)14(20)17-11)8-10-4-5-13(16)22-10/h4-5,11-12H,2-3,6-9H2,1H3,(H,17,20)/t11-,12+/m0/s1. The van der Waals surface area contributed by atoms with E-state index in [0.29, 0.717) is 19.5 Å². The number of nitrogens with zero attached hydrogens (tertiary/aromatic N) is 2. The molecular weight excluding hydrogens is 322 g/mol. The quantitative estimate of drug-likeness (QED) is 0.907. The van der Waals surface area contributed by atoms with E-state index in [1.165, 1.54) is 4.88 Å². The van der Waals surface area contributed by atoms with Crippen molar-refractivity contribution < 1.29 is 9.59 Å². The lowest BCUT2D eigenvalue weighted by atomic mass is 10.0. The van der Waals surface area contributed by atoms with Gasteiger partial charge in [0.25, 0.3) is 0 Å². The van der Waals surface area contributed by atoms with Crippen molar-refractivity contribution >= 4 is 34.8 Å². The largest absolute Gasteiger partial charge is 0.342 e. The van der Waals surface area contributed by atoms with Gasteiger partial charge in [0.05, 0.1) is 4.34 Å². The van der Waals surface area contributed by atoms with E-state index >= 15 is 0 Å². The van der Waals surface area contributed by atoms with Crippen molar-refractivity contribution in [2.24, 2.45) is 0 Å². The Hall–Kier alpha value is -1.11. The molecule has 0 radical (unpaired) electrons. The van der Waals surface area contributed by atoms with Crippen molar-refractivity contribution in [3.05, 3.63) is 21.3 Å². The molecule has 0 saturated carbocycles. The minimum Gasteiger partial charge on any atom is -0.342 e. The third-order valence-corrected chi connectivity index (χ3v) is 5.47. The summed E-state index contributed by atoms with van der Waals surface area (Å²) in [5, 5.41) is 2.88. The number of thiophene rings is 1. The Morgan fingerprint density at radius 2 is 2.18 bits per heavy atom. The molecule has 0 aliphatic carbocycles. The lowest BCUT2D eigenvalue weighted by Crippen LogP contribution is -2.69. The van der Waals surface area contributed by atoms with Gasteiger partial charge < -0.3 is 10.2 Å². The SMILES string of the molecule is CCC[C@@H]1NC(=O)[C@H]2CN(Cc3ccc(Cl)s3)CCN2C1=O. The van der Waals surface area contributed by atoms with Crippen molar-refractivity contribution in [2.45, 2.75) is 38.4 Å². The fourth-order valence-electron chi connectivity index (χ4n) is 3.14. The van der Waals surface area contributed by atoms with Gasteiger partial charge >= 0.3 is 0 Å². The summed E-state index contributed by atoms with van der Waals surface area (Å²) in [5.74, 6) is 0.0530. The number of carbonyl (C=O) groups is 2. The second-order valence-electron chi connectivity index (χ2n) is 5.84. The molecule has 0 spiro atoms. The molecule has 3 heterocycles. The Labute approximate surface area is 139 Å². The highest BCUT2D eigenvalue weighted by Gasteiger charge is 2.42. The van der Waals surface area contributed by atoms with Crippen LogP contribution in [0.25, 0.3) is 0 Å². The second-order valence-corrected chi connectivity index (χ2v) is 7.64. The molecule has 7 heteroatoms. The molecular formula is C15H20ClN3O2S. The summed E-state index contributed by atoms with van der Waals surface area (Å²) in [7, 11) is 0. The molecule has 2 aliphatic heterocycles. The first kappa shape index (κ1) is 15.8. The van der Waals surface area contributed by atoms with E-state index in [1.807, 2.05) is 19.1 Å². The van der Waals surface area contributed by atoms with E-state index < -0.39 is 0 Å². The molecule has 2 fully saturated rings. The normalized spacial score (nSPS) is 26.0. The monoisotopic (exact) mass is 341 g/mol. The Morgan fingerprint density at radius 1 is 1.36 bits per heavy atom. The Bertz CT molecular complexity index is 577. The van der Waals surface area contributed by atoms with E-state index in [9.17, 15) is 9.59 Å². The van der Waals surface area contributed by atoms with Gasteiger partial charge in [-0.2, -0.15) is 0 Å². The number of hydrogen-bond acceptors (Lipinski definition) is 4. The number of nitrogens with one attached hydrogen (secondary N) is 1. The lowest BCUT2D eigenvalue weighted by Gasteiger charge is -2.45. The molecule has 0 bridgehead atoms. The Balaban J connectivity index is 1.65. The predicted octanol–water partition coefficient (Wildman–Crippen LogP) is 1.71. The average molecular weight is 342 g/mol. The van der Waals surface area contributed by atoms with Crippen LogP contribution in [0, 0.1) is 0 Å². The van der Waals surface area contributed by atoms with Crippen LogP contribution in [-0.2, 0) is 16.1 Å². The average Bonchev–Trinajstić information content (AvgIpc) is 2.90. The lowest BCUT2D eigenvalue weighted by molar-refractivity contribution is -0.153. The van der Waals surface area contributed by atoms with E-state index in [0.717, 1.165) is 23.8 Å². The van der Waals surface area contributed by atoms with Gasteiger partial charge in [0.15, 0.2) is 0 Å². The zero-order valence-electron chi connectivity index (χ0n) is 12.5. The number of hydrogen-bond donors (Lipinski definition) is 1. The first-order valence-corrected chi connectivity index (χ1v) is 8.85. The van der Waals surface area contributed by atoms with Crippen LogP contribution in [0.3, 0.4) is 0 Å². The van der Waals surface area contributed by atoms with Crippen molar-refractivity contribution in [2.75, 3.05) is 19.6 Å². The summed E-state index contributed by atoms with van der Waals surface area (Å²) in [6.07, 6.45) is 1.60. The zero-order chi connectivity index (χ0) is 15.7. The van der Waals surface area contributed by atoms with E-state index in [-0.39, 0.29) is 23.9 Å². The van der Waals surface area contributed by atoms with Crippen LogP contribution in [0.1, 0.15) is 24.6 Å². The van der Waals surface area contributed by atoms with Gasteiger partial charge in [-0.05, 0) is 18.6 Å². The van der Waals surface area contributed by atoms with Crippen molar-refractivity contribution in [3.8, 4) is 0 Å². The van der Waals surface area contributed by atoms with Crippen LogP contribution in [0.4, 0.5) is 0 Å². The molecule has 3 rings (SSSR count). The van der Waals surface area contributed by atoms with E-state index in [4.69, 9.17) is 11.6 Å². The number of amides is 2. The maximum absolute atomic E-state index is 12.4. The van der Waals surface area contributed by atoms with Crippen LogP contribution in [0.5, 0.6) is 0 Å². The molecule has 22 heavy (non-hydrogen) atoms. The number of carbonyl (C=O) groups excluding carboxylic acids is 2. The highest BCUT2D eigenvalue weighted by Crippen LogP contribution is 2.25. The van der Waals surface area contributed by atoms with Gasteiger partial charge in [-0.3, -0.25) is 14.5 Å². The third kappa shape index (κ3) is 3.14. The van der Waals surface area contributed by atoms with Crippen LogP contribution in [0.2, 0.25) is 4.34 Å². The van der Waals surface area contributed by atoms with Gasteiger partial charge in [0.1, 0.15) is 12.1 Å². The van der Waals surface area contributed by atoms with Crippen molar-refractivity contribution in [1.29, 1.82) is 0 Å². The maximum atomic E-state index is 12.4. The minimum atomic E-state index is -0.357. The Kier molecular flexibility index (Phi) is 4.70. The number of rotatable bonds is 4. The number of fused-ring (bicyclic) bond motifs is 1. The molecule has 2 saturated heterocycles. The predicted molar refractivity (Wildman–Crippen MR) is 86.9 cm³/mol. The Morgan fingerprint density at radius 3 is 2.86 bits per heavy atom. The van der Waals surface area contributed by atoms with Gasteiger partial charge in [-0.15, -0.1) is 11.3 Å². The second kappa shape index (κ2) is 6.56. The fraction of sp³-hybridized carbons (Fsp3) is 0.600. The van der Waals surface area contributed by atoms with Gasteiger partial charge in [0.2, 0.25) is 11.8 Å². The van der Waals surface area contributed by atoms with E-state index in [2.05, 4.69) is 10.2 Å². The van der Waals surface area contributed by atoms with Crippen LogP contribution in [0.15, 0.2) is 12.1 Å². The van der Waals surface area contributed by atoms with Gasteiger partial charge in [0, 0.05) is 31.1 Å². The highest BCUT2D eigenvalue weighted by molar-refractivity contribution is 7.16. The first-order chi connectivity index (χ1) is 10.6. The molecule has 120 valence electrons. The zero-order valence-corrected chi connectivity index (χ0v) is 14.1. The molecule has 1 aromatic heterocycles. The molecule has 2 atom stereocenters. The van der Waals surface area contributed by atoms with Crippen molar-refractivity contribution in [1.82, 2.24) is 15.1 Å². The number of halogens is 1. The van der Waals surface area contributed by atoms with Crippen LogP contribution < -0.4 is 5.32 Å². The summed E-state index contributed by atoms with van der Waals surface area (Å²) in [6.45, 7) is 4.81. The van der Waals surface area contributed by atoms with Gasteiger partial charge in [-0.1, -0.05) is 24.9 Å². The minimum absolute atomic E-state index is 0.0213. The van der Waals surface area contributed by atoms with Crippen LogP contribution in [-0.4, -0.2) is 53.3 Å².